The molecule has 1 aromatic carbocycles. The maximum atomic E-state index is 15.6. The Morgan fingerprint density at radius 2 is 2.15 bits per heavy atom. The van der Waals surface area contributed by atoms with Gasteiger partial charge in [0.2, 0.25) is 5.95 Å². The highest BCUT2D eigenvalue weighted by molar-refractivity contribution is 6.33. The van der Waals surface area contributed by atoms with Crippen LogP contribution in [0.3, 0.4) is 0 Å². The third-order valence-corrected chi connectivity index (χ3v) is 7.87. The Balaban J connectivity index is 1.35. The minimum absolute atomic E-state index is 0.0162. The zero-order valence-electron chi connectivity index (χ0n) is 21.8. The van der Waals surface area contributed by atoms with E-state index in [1.807, 2.05) is 24.5 Å². The average molecular weight is 561 g/mol. The van der Waals surface area contributed by atoms with Gasteiger partial charge in [-0.25, -0.2) is 24.1 Å². The number of amides is 1. The van der Waals surface area contributed by atoms with Gasteiger partial charge in [0.05, 0.1) is 48.3 Å². The van der Waals surface area contributed by atoms with Crippen molar-refractivity contribution in [2.75, 3.05) is 32.1 Å². The molecule has 6 rings (SSSR count). The Bertz CT molecular complexity index is 1420. The van der Waals surface area contributed by atoms with Crippen molar-refractivity contribution in [1.29, 1.82) is 0 Å². The van der Waals surface area contributed by atoms with Crippen molar-refractivity contribution in [3.05, 3.63) is 35.0 Å². The number of rotatable bonds is 5. The molecular weight excluding hydrogens is 531 g/mol. The highest BCUT2D eigenvalue weighted by atomic mass is 35.5. The second-order valence-corrected chi connectivity index (χ2v) is 10.9. The maximum Gasteiger partial charge on any atom is 0.409 e. The molecule has 0 radical (unpaired) electrons. The van der Waals surface area contributed by atoms with Gasteiger partial charge >= 0.3 is 6.09 Å². The number of aromatic nitrogens is 4. The third kappa shape index (κ3) is 4.69. The normalized spacial score (nSPS) is 26.5. The number of likely N-dealkylation sites (tertiary alicyclic amines) is 1. The van der Waals surface area contributed by atoms with Crippen LogP contribution in [0.5, 0.6) is 0 Å². The summed E-state index contributed by atoms with van der Waals surface area (Å²) in [5, 5.41) is 14.0. The van der Waals surface area contributed by atoms with E-state index in [1.54, 1.807) is 4.90 Å². The summed E-state index contributed by atoms with van der Waals surface area (Å²) in [5.74, 6) is 0.435. The van der Waals surface area contributed by atoms with Crippen molar-refractivity contribution in [2.24, 2.45) is 0 Å². The lowest BCUT2D eigenvalue weighted by atomic mass is 10.0. The Morgan fingerprint density at radius 1 is 1.33 bits per heavy atom. The second kappa shape index (κ2) is 10.2. The van der Waals surface area contributed by atoms with E-state index in [2.05, 4.69) is 15.3 Å². The molecule has 208 valence electrons. The fraction of sp³-hybridized carbons (Fsp3) is 0.538. The van der Waals surface area contributed by atoms with Gasteiger partial charge in [-0.2, -0.15) is 0 Å². The number of fused-ring (bicyclic) bond motifs is 3. The topological polar surface area (TPSA) is 124 Å². The molecule has 0 saturated carbocycles. The van der Waals surface area contributed by atoms with Gasteiger partial charge in [-0.15, -0.1) is 0 Å². The van der Waals surface area contributed by atoms with E-state index in [4.69, 9.17) is 30.8 Å². The lowest BCUT2D eigenvalue weighted by Gasteiger charge is -2.32. The molecule has 1 amide bonds. The van der Waals surface area contributed by atoms with Crippen LogP contribution < -0.4 is 5.32 Å². The third-order valence-electron chi connectivity index (χ3n) is 7.59. The van der Waals surface area contributed by atoms with Crippen molar-refractivity contribution >= 4 is 34.7 Å². The number of hydrogen-bond donors (Lipinski definition) is 2. The summed E-state index contributed by atoms with van der Waals surface area (Å²) in [5.41, 5.74) is 1.70. The number of anilines is 1. The van der Waals surface area contributed by atoms with Crippen LogP contribution in [-0.4, -0.2) is 87.0 Å². The van der Waals surface area contributed by atoms with Crippen molar-refractivity contribution in [3.63, 3.8) is 0 Å². The van der Waals surface area contributed by atoms with Gasteiger partial charge < -0.3 is 34.1 Å². The second-order valence-electron chi connectivity index (χ2n) is 10.5. The van der Waals surface area contributed by atoms with Crippen LogP contribution in [0.4, 0.5) is 15.1 Å². The fourth-order valence-corrected chi connectivity index (χ4v) is 5.94. The number of nitrogens with zero attached hydrogens (tertiary/aromatic N) is 5. The fourth-order valence-electron chi connectivity index (χ4n) is 5.74. The molecule has 0 spiro atoms. The van der Waals surface area contributed by atoms with E-state index in [0.717, 1.165) is 5.82 Å². The Morgan fingerprint density at radius 3 is 2.92 bits per heavy atom. The standard InChI is InChI=1S/C26H30ClFN6O5/c1-12(2)34-19-7-14(6-17(28)21(19)31-23(34)13-4-5-33(10-13)26(36)37-3)20-16(27)9-29-25(32-20)30-18-8-15-11-38-24(39-15)22(18)35/h6-7,9,12-13,15,18,22,24,35H,4-5,8,10-11H2,1-3H3,(H,29,30,32)/t13-,15-,18-,22+,24+/m1/s1. The molecule has 2 bridgehead atoms. The molecule has 13 heteroatoms. The first kappa shape index (κ1) is 26.2. The molecule has 3 aromatic rings. The van der Waals surface area contributed by atoms with Gasteiger partial charge in [-0.3, -0.25) is 0 Å². The monoisotopic (exact) mass is 560 g/mol. The molecular formula is C26H30ClFN6O5. The Hall–Kier alpha value is -3.06. The number of carbonyl (C=O) groups excluding carboxylic acids is 1. The van der Waals surface area contributed by atoms with Crippen LogP contribution >= 0.6 is 11.6 Å². The number of aliphatic hydroxyl groups excluding tert-OH is 1. The number of ether oxygens (including phenoxy) is 3. The van der Waals surface area contributed by atoms with Crippen LogP contribution in [0.15, 0.2) is 18.3 Å². The lowest BCUT2D eigenvalue weighted by Crippen LogP contribution is -2.48. The zero-order valence-corrected chi connectivity index (χ0v) is 22.6. The first-order valence-electron chi connectivity index (χ1n) is 13.0. The molecule has 3 fully saturated rings. The van der Waals surface area contributed by atoms with Crippen LogP contribution in [0.1, 0.15) is 44.5 Å². The number of methoxy groups -OCH3 is 1. The number of hydrogen-bond acceptors (Lipinski definition) is 9. The summed E-state index contributed by atoms with van der Waals surface area (Å²) in [6, 6.07) is 2.81. The Labute approximate surface area is 229 Å². The van der Waals surface area contributed by atoms with Crippen molar-refractivity contribution < 1.29 is 28.5 Å². The first-order valence-corrected chi connectivity index (χ1v) is 13.4. The summed E-state index contributed by atoms with van der Waals surface area (Å²) < 4.78 is 33.5. The average Bonchev–Trinajstić information content (AvgIpc) is 3.65. The predicted molar refractivity (Wildman–Crippen MR) is 140 cm³/mol. The first-order chi connectivity index (χ1) is 18.7. The van der Waals surface area contributed by atoms with E-state index < -0.39 is 18.2 Å². The molecule has 3 aliphatic rings. The van der Waals surface area contributed by atoms with Crippen LogP contribution in [0.25, 0.3) is 22.3 Å². The molecule has 0 unspecified atom stereocenters. The van der Waals surface area contributed by atoms with Gasteiger partial charge in [0.15, 0.2) is 12.1 Å². The molecule has 5 atom stereocenters. The highest BCUT2D eigenvalue weighted by Gasteiger charge is 2.43. The van der Waals surface area contributed by atoms with Gasteiger partial charge in [-0.1, -0.05) is 11.6 Å². The van der Waals surface area contributed by atoms with Gasteiger partial charge in [-0.05, 0) is 38.8 Å². The van der Waals surface area contributed by atoms with Crippen LogP contribution in [0, 0.1) is 5.82 Å². The molecule has 3 aliphatic heterocycles. The van der Waals surface area contributed by atoms with Gasteiger partial charge in [0.1, 0.15) is 17.4 Å². The van der Waals surface area contributed by atoms with Crippen LogP contribution in [0.2, 0.25) is 5.02 Å². The predicted octanol–water partition coefficient (Wildman–Crippen LogP) is 3.71. The summed E-state index contributed by atoms with van der Waals surface area (Å²) in [6.45, 7) is 5.46. The molecule has 2 aromatic heterocycles. The zero-order chi connectivity index (χ0) is 27.4. The minimum Gasteiger partial charge on any atom is -0.453 e. The van der Waals surface area contributed by atoms with Crippen LogP contribution in [-0.2, 0) is 14.2 Å². The number of carbonyl (C=O) groups is 1. The number of halogens is 2. The summed E-state index contributed by atoms with van der Waals surface area (Å²) in [6.07, 6.45) is 0.635. The molecule has 5 heterocycles. The van der Waals surface area contributed by atoms with Crippen molar-refractivity contribution in [1.82, 2.24) is 24.4 Å². The maximum absolute atomic E-state index is 15.6. The highest BCUT2D eigenvalue weighted by Crippen LogP contribution is 2.36. The molecule has 11 nitrogen and oxygen atoms in total. The summed E-state index contributed by atoms with van der Waals surface area (Å²) in [7, 11) is 1.36. The molecule has 0 aliphatic carbocycles. The smallest absolute Gasteiger partial charge is 0.409 e. The van der Waals surface area contributed by atoms with Gasteiger partial charge in [0.25, 0.3) is 0 Å². The summed E-state index contributed by atoms with van der Waals surface area (Å²) >= 11 is 6.50. The number of aliphatic hydroxyl groups is 1. The SMILES string of the molecule is COC(=O)N1CC[C@@H](c2nc3c(F)cc(-c4nc(N[C@@H]5C[C@@H]6CO[C@@H](O6)[C@H]5O)ncc4Cl)cc3n2C(C)C)C1. The lowest BCUT2D eigenvalue weighted by molar-refractivity contribution is -0.156. The number of nitrogens with one attached hydrogen (secondary N) is 1. The molecule has 39 heavy (non-hydrogen) atoms. The van der Waals surface area contributed by atoms with Crippen molar-refractivity contribution in [3.8, 4) is 11.3 Å². The number of benzene rings is 1. The van der Waals surface area contributed by atoms with E-state index in [9.17, 15) is 9.90 Å². The quantitative estimate of drug-likeness (QED) is 0.480. The van der Waals surface area contributed by atoms with E-state index >= 15 is 4.39 Å². The van der Waals surface area contributed by atoms with Crippen molar-refractivity contribution in [2.45, 2.75) is 63.2 Å². The summed E-state index contributed by atoms with van der Waals surface area (Å²) in [4.78, 5) is 27.2. The molecule has 2 N–H and O–H groups in total. The largest absolute Gasteiger partial charge is 0.453 e. The van der Waals surface area contributed by atoms with E-state index in [1.165, 1.54) is 19.4 Å². The minimum atomic E-state index is -0.884. The van der Waals surface area contributed by atoms with Gasteiger partial charge in [0, 0.05) is 30.6 Å². The van der Waals surface area contributed by atoms with E-state index in [-0.39, 0.29) is 46.7 Å². The molecule has 3 saturated heterocycles. The Kier molecular flexibility index (Phi) is 6.82. The van der Waals surface area contributed by atoms with E-state index in [0.29, 0.717) is 49.3 Å². The number of imidazole rings is 1.